The Bertz CT molecular complexity index is 797. The first-order valence-corrected chi connectivity index (χ1v) is 9.87. The van der Waals surface area contributed by atoms with Crippen LogP contribution in [0.3, 0.4) is 0 Å². The molecule has 6 heteroatoms. The smallest absolute Gasteiger partial charge is 0.317 e. The minimum atomic E-state index is -0.941. The molecule has 0 aliphatic rings. The maximum absolute atomic E-state index is 13.6. The molecule has 0 unspecified atom stereocenters. The van der Waals surface area contributed by atoms with Crippen LogP contribution in [-0.4, -0.2) is 23.7 Å². The zero-order chi connectivity index (χ0) is 19.8. The first-order valence-electron chi connectivity index (χ1n) is 8.89. The molecular formula is C21H24FNO3S. The summed E-state index contributed by atoms with van der Waals surface area (Å²) in [5, 5.41) is 2.83. The third-order valence-corrected chi connectivity index (χ3v) is 5.24. The van der Waals surface area contributed by atoms with E-state index in [0.717, 1.165) is 29.4 Å². The number of hydrogen-bond acceptors (Lipinski definition) is 4. The minimum absolute atomic E-state index is 0.0675. The molecule has 0 saturated heterocycles. The lowest BCUT2D eigenvalue weighted by atomic mass is 9.97. The largest absolute Gasteiger partial charge is 0.452 e. The highest BCUT2D eigenvalue weighted by molar-refractivity contribution is 8.00. The van der Waals surface area contributed by atoms with E-state index in [2.05, 4.69) is 19.2 Å². The molecule has 2 atom stereocenters. The second-order valence-corrected chi connectivity index (χ2v) is 7.25. The summed E-state index contributed by atoms with van der Waals surface area (Å²) in [6.45, 7) is 5.70. The molecule has 2 rings (SSSR count). The van der Waals surface area contributed by atoms with Crippen LogP contribution in [0.15, 0.2) is 53.4 Å². The molecule has 1 amide bonds. The van der Waals surface area contributed by atoms with Gasteiger partial charge in [-0.25, -0.2) is 4.39 Å². The predicted octanol–water partition coefficient (Wildman–Crippen LogP) is 5.00. The Labute approximate surface area is 163 Å². The average molecular weight is 389 g/mol. The molecular weight excluding hydrogens is 365 g/mol. The number of carbonyl (C=O) groups is 2. The lowest BCUT2D eigenvalue weighted by molar-refractivity contribution is -0.150. The van der Waals surface area contributed by atoms with Crippen molar-refractivity contribution in [3.63, 3.8) is 0 Å². The molecule has 0 aliphatic carbocycles. The van der Waals surface area contributed by atoms with Crippen LogP contribution in [0.5, 0.6) is 0 Å². The van der Waals surface area contributed by atoms with Crippen LogP contribution in [-0.2, 0) is 14.3 Å². The fourth-order valence-electron chi connectivity index (χ4n) is 2.48. The van der Waals surface area contributed by atoms with E-state index in [0.29, 0.717) is 10.8 Å². The molecule has 0 heterocycles. The molecule has 0 bridgehead atoms. The molecule has 0 aliphatic heterocycles. The normalized spacial score (nSPS) is 12.9. The number of hydrogen-bond donors (Lipinski definition) is 1. The molecule has 0 spiro atoms. The van der Waals surface area contributed by atoms with Gasteiger partial charge < -0.3 is 10.1 Å². The monoisotopic (exact) mass is 389 g/mol. The Morgan fingerprint density at radius 1 is 1.11 bits per heavy atom. The summed E-state index contributed by atoms with van der Waals surface area (Å²) in [6.07, 6.45) is 0.00809. The number of thioether (sulfide) groups is 1. The third-order valence-electron chi connectivity index (χ3n) is 4.22. The number of benzene rings is 2. The van der Waals surface area contributed by atoms with Crippen LogP contribution in [0.2, 0.25) is 0 Å². The molecule has 2 aromatic carbocycles. The van der Waals surface area contributed by atoms with E-state index in [9.17, 15) is 14.0 Å². The van der Waals surface area contributed by atoms with Gasteiger partial charge in [0.05, 0.1) is 5.75 Å². The van der Waals surface area contributed by atoms with Gasteiger partial charge >= 0.3 is 5.97 Å². The van der Waals surface area contributed by atoms with Crippen molar-refractivity contribution in [3.05, 3.63) is 59.9 Å². The maximum atomic E-state index is 13.6. The summed E-state index contributed by atoms with van der Waals surface area (Å²) in [7, 11) is 0. The minimum Gasteiger partial charge on any atom is -0.452 e. The van der Waals surface area contributed by atoms with Crippen molar-refractivity contribution in [3.8, 4) is 0 Å². The Morgan fingerprint density at radius 3 is 2.48 bits per heavy atom. The number of esters is 1. The van der Waals surface area contributed by atoms with Crippen molar-refractivity contribution in [1.29, 1.82) is 0 Å². The van der Waals surface area contributed by atoms with Crippen LogP contribution in [0, 0.1) is 5.82 Å². The highest BCUT2D eigenvalue weighted by atomic mass is 32.2. The highest BCUT2D eigenvalue weighted by Gasteiger charge is 2.20. The first kappa shape index (κ1) is 21.0. The molecule has 2 aromatic rings. The number of anilines is 1. The summed E-state index contributed by atoms with van der Waals surface area (Å²) < 4.78 is 18.7. The predicted molar refractivity (Wildman–Crippen MR) is 106 cm³/mol. The van der Waals surface area contributed by atoms with Crippen LogP contribution in [0.1, 0.15) is 38.7 Å². The molecule has 1 N–H and O–H groups in total. The topological polar surface area (TPSA) is 55.4 Å². The number of halogens is 1. The standard InChI is InChI=1S/C21H24FNO3S/c1-4-14(2)16-9-5-7-11-18(16)23-21(25)15(3)26-20(24)13-27-19-12-8-6-10-17(19)22/h5-12,14-15H,4,13H2,1-3H3,(H,23,25)/t14-,15-/m1/s1. The second-order valence-electron chi connectivity index (χ2n) is 6.24. The van der Waals surface area contributed by atoms with Gasteiger partial charge in [-0.3, -0.25) is 9.59 Å². The molecule has 0 fully saturated rings. The Hall–Kier alpha value is -2.34. The quantitative estimate of drug-likeness (QED) is 0.510. The fraction of sp³-hybridized carbons (Fsp3) is 0.333. The van der Waals surface area contributed by atoms with Gasteiger partial charge in [-0.2, -0.15) is 0 Å². The van der Waals surface area contributed by atoms with Crippen molar-refractivity contribution < 1.29 is 18.7 Å². The summed E-state index contributed by atoms with van der Waals surface area (Å²) in [5.41, 5.74) is 1.77. The van der Waals surface area contributed by atoms with E-state index in [1.165, 1.54) is 13.0 Å². The highest BCUT2D eigenvalue weighted by Crippen LogP contribution is 2.26. The SMILES string of the molecule is CC[C@@H](C)c1ccccc1NC(=O)[C@@H](C)OC(=O)CSc1ccccc1F. The molecule has 0 aromatic heterocycles. The van der Waals surface area contributed by atoms with Gasteiger partial charge in [0.1, 0.15) is 5.82 Å². The van der Waals surface area contributed by atoms with Crippen LogP contribution >= 0.6 is 11.8 Å². The van der Waals surface area contributed by atoms with Gasteiger partial charge in [-0.1, -0.05) is 44.2 Å². The van der Waals surface area contributed by atoms with E-state index in [1.54, 1.807) is 18.2 Å². The van der Waals surface area contributed by atoms with Gasteiger partial charge in [-0.05, 0) is 43.0 Å². The van der Waals surface area contributed by atoms with E-state index in [4.69, 9.17) is 4.74 Å². The van der Waals surface area contributed by atoms with Crippen molar-refractivity contribution in [1.82, 2.24) is 0 Å². The Balaban J connectivity index is 1.90. The van der Waals surface area contributed by atoms with Crippen molar-refractivity contribution >= 4 is 29.3 Å². The van der Waals surface area contributed by atoms with Crippen molar-refractivity contribution in [2.75, 3.05) is 11.1 Å². The summed E-state index contributed by atoms with van der Waals surface area (Å²) in [5.74, 6) is -1.11. The molecule has 27 heavy (non-hydrogen) atoms. The van der Waals surface area contributed by atoms with Gasteiger partial charge in [-0.15, -0.1) is 11.8 Å². The number of nitrogens with one attached hydrogen (secondary N) is 1. The van der Waals surface area contributed by atoms with Gasteiger partial charge in [0.15, 0.2) is 6.10 Å². The third kappa shape index (κ3) is 6.10. The maximum Gasteiger partial charge on any atom is 0.317 e. The van der Waals surface area contributed by atoms with E-state index in [-0.39, 0.29) is 11.6 Å². The van der Waals surface area contributed by atoms with Crippen LogP contribution in [0.4, 0.5) is 10.1 Å². The number of ether oxygens (including phenoxy) is 1. The zero-order valence-electron chi connectivity index (χ0n) is 15.7. The molecule has 144 valence electrons. The van der Waals surface area contributed by atoms with Crippen molar-refractivity contribution in [2.24, 2.45) is 0 Å². The molecule has 0 saturated carbocycles. The van der Waals surface area contributed by atoms with E-state index < -0.39 is 18.0 Å². The average Bonchev–Trinajstić information content (AvgIpc) is 2.67. The van der Waals surface area contributed by atoms with Gasteiger partial charge in [0.2, 0.25) is 0 Å². The first-order chi connectivity index (χ1) is 12.9. The Morgan fingerprint density at radius 2 is 1.78 bits per heavy atom. The lowest BCUT2D eigenvalue weighted by Gasteiger charge is -2.18. The lowest BCUT2D eigenvalue weighted by Crippen LogP contribution is -2.31. The fourth-order valence-corrected chi connectivity index (χ4v) is 3.20. The number of carbonyl (C=O) groups excluding carboxylic acids is 2. The number of amides is 1. The summed E-state index contributed by atoms with van der Waals surface area (Å²) in [4.78, 5) is 24.7. The second kappa shape index (κ2) is 10.1. The van der Waals surface area contributed by atoms with Crippen LogP contribution in [0.25, 0.3) is 0 Å². The summed E-state index contributed by atoms with van der Waals surface area (Å²) in [6, 6.07) is 13.8. The zero-order valence-corrected chi connectivity index (χ0v) is 16.5. The van der Waals surface area contributed by atoms with Crippen LogP contribution < -0.4 is 5.32 Å². The Kier molecular flexibility index (Phi) is 7.85. The molecule has 4 nitrogen and oxygen atoms in total. The number of rotatable bonds is 8. The number of para-hydroxylation sites is 1. The summed E-state index contributed by atoms with van der Waals surface area (Å²) >= 11 is 1.04. The van der Waals surface area contributed by atoms with Gasteiger partial charge in [0.25, 0.3) is 5.91 Å². The van der Waals surface area contributed by atoms with E-state index in [1.807, 2.05) is 24.3 Å². The van der Waals surface area contributed by atoms with Crippen molar-refractivity contribution in [2.45, 2.75) is 44.1 Å². The van der Waals surface area contributed by atoms with E-state index >= 15 is 0 Å². The molecule has 0 radical (unpaired) electrons. The van der Waals surface area contributed by atoms with Gasteiger partial charge in [0, 0.05) is 10.6 Å².